The Morgan fingerprint density at radius 1 is 1.21 bits per heavy atom. The summed E-state index contributed by atoms with van der Waals surface area (Å²) in [7, 11) is 0. The molecule has 1 saturated heterocycles. The van der Waals surface area contributed by atoms with Crippen LogP contribution < -0.4 is 10.6 Å². The number of carboxylic acid groups (broad SMARTS) is 1. The molecule has 2 rings (SSSR count). The van der Waals surface area contributed by atoms with Gasteiger partial charge >= 0.3 is 12.1 Å². The van der Waals surface area contributed by atoms with Gasteiger partial charge in [0.05, 0.1) is 6.04 Å². The van der Waals surface area contributed by atoms with E-state index in [0.717, 1.165) is 25.8 Å². The lowest BCUT2D eigenvalue weighted by Crippen LogP contribution is -2.39. The third-order valence-corrected chi connectivity index (χ3v) is 3.23. The van der Waals surface area contributed by atoms with E-state index >= 15 is 0 Å². The van der Waals surface area contributed by atoms with E-state index in [2.05, 4.69) is 10.6 Å². The van der Waals surface area contributed by atoms with Crippen molar-refractivity contribution in [1.82, 2.24) is 5.32 Å². The minimum Gasteiger partial charge on any atom is -0.508 e. The van der Waals surface area contributed by atoms with Crippen LogP contribution in [0.3, 0.4) is 0 Å². The van der Waals surface area contributed by atoms with Gasteiger partial charge < -0.3 is 20.8 Å². The molecule has 0 aliphatic carbocycles. The minimum atomic E-state index is -5.08. The largest absolute Gasteiger partial charge is 0.508 e. The molecule has 0 radical (unpaired) electrons. The monoisotopic (exact) mass is 348 g/mol. The molecule has 9 heteroatoms. The highest BCUT2D eigenvalue weighted by Gasteiger charge is 2.38. The summed E-state index contributed by atoms with van der Waals surface area (Å²) in [6, 6.07) is 6.51. The van der Waals surface area contributed by atoms with Gasteiger partial charge in [-0.05, 0) is 31.5 Å². The lowest BCUT2D eigenvalue weighted by atomic mass is 10.1. The summed E-state index contributed by atoms with van der Waals surface area (Å²) < 4.78 is 31.7. The summed E-state index contributed by atoms with van der Waals surface area (Å²) in [6.45, 7) is 0.901. The molecular weight excluding hydrogens is 329 g/mol. The molecule has 0 saturated carbocycles. The van der Waals surface area contributed by atoms with Crippen molar-refractivity contribution in [2.45, 2.75) is 37.9 Å². The number of aliphatic carboxylic acids is 1. The number of anilines is 1. The van der Waals surface area contributed by atoms with Crippen LogP contribution in [0.15, 0.2) is 24.3 Å². The van der Waals surface area contributed by atoms with Gasteiger partial charge in [-0.25, -0.2) is 4.79 Å². The predicted molar refractivity (Wildman–Crippen MR) is 80.7 cm³/mol. The second kappa shape index (κ2) is 9.11. The SMILES string of the molecule is O=C(Nc1cccc(O)c1)C1CCCCCN1.O=C(O)C(F)(F)F. The Balaban J connectivity index is 0.000000351. The Hall–Kier alpha value is -2.29. The van der Waals surface area contributed by atoms with Gasteiger partial charge in [0, 0.05) is 11.8 Å². The number of amides is 1. The molecule has 24 heavy (non-hydrogen) atoms. The van der Waals surface area contributed by atoms with Crippen LogP contribution in [0.2, 0.25) is 0 Å². The normalized spacial score (nSPS) is 17.9. The summed E-state index contributed by atoms with van der Waals surface area (Å²) in [6.07, 6.45) is -0.797. The number of hydrogen-bond donors (Lipinski definition) is 4. The molecule has 1 heterocycles. The van der Waals surface area contributed by atoms with Crippen molar-refractivity contribution in [3.8, 4) is 5.75 Å². The van der Waals surface area contributed by atoms with Gasteiger partial charge in [0.2, 0.25) is 5.91 Å². The summed E-state index contributed by atoms with van der Waals surface area (Å²) in [4.78, 5) is 20.9. The fourth-order valence-electron chi connectivity index (χ4n) is 2.07. The molecule has 6 nitrogen and oxygen atoms in total. The Bertz CT molecular complexity index is 556. The molecule has 4 N–H and O–H groups in total. The molecule has 1 aromatic rings. The van der Waals surface area contributed by atoms with E-state index in [9.17, 15) is 23.1 Å². The van der Waals surface area contributed by atoms with Crippen molar-refractivity contribution in [1.29, 1.82) is 0 Å². The first-order chi connectivity index (χ1) is 11.2. The maximum Gasteiger partial charge on any atom is 0.490 e. The van der Waals surface area contributed by atoms with E-state index in [4.69, 9.17) is 9.90 Å². The summed E-state index contributed by atoms with van der Waals surface area (Å²) in [5.41, 5.74) is 0.640. The first kappa shape index (κ1) is 19.8. The Morgan fingerprint density at radius 2 is 1.88 bits per heavy atom. The number of carbonyl (C=O) groups excluding carboxylic acids is 1. The van der Waals surface area contributed by atoms with Crippen LogP contribution in [-0.4, -0.2) is 40.9 Å². The third kappa shape index (κ3) is 7.32. The average Bonchev–Trinajstić information content (AvgIpc) is 2.76. The molecule has 1 fully saturated rings. The first-order valence-electron chi connectivity index (χ1n) is 7.33. The number of hydrogen-bond acceptors (Lipinski definition) is 4. The molecule has 1 aliphatic heterocycles. The van der Waals surface area contributed by atoms with Gasteiger partial charge in [-0.1, -0.05) is 18.9 Å². The average molecular weight is 348 g/mol. The van der Waals surface area contributed by atoms with Crippen molar-refractivity contribution in [3.05, 3.63) is 24.3 Å². The summed E-state index contributed by atoms with van der Waals surface area (Å²) in [5.74, 6) is -2.61. The summed E-state index contributed by atoms with van der Waals surface area (Å²) in [5, 5.41) is 22.5. The van der Waals surface area contributed by atoms with E-state index in [1.165, 1.54) is 6.42 Å². The van der Waals surface area contributed by atoms with E-state index in [1.54, 1.807) is 24.3 Å². The van der Waals surface area contributed by atoms with Crippen molar-refractivity contribution in [2.75, 3.05) is 11.9 Å². The fourth-order valence-corrected chi connectivity index (χ4v) is 2.07. The highest BCUT2D eigenvalue weighted by Crippen LogP contribution is 2.17. The van der Waals surface area contributed by atoms with Gasteiger partial charge in [-0.15, -0.1) is 0 Å². The van der Waals surface area contributed by atoms with Crippen LogP contribution in [-0.2, 0) is 9.59 Å². The second-order valence-corrected chi connectivity index (χ2v) is 5.20. The zero-order valence-electron chi connectivity index (χ0n) is 12.8. The number of benzene rings is 1. The maximum atomic E-state index is 12.0. The van der Waals surface area contributed by atoms with Crippen LogP contribution >= 0.6 is 0 Å². The summed E-state index contributed by atoms with van der Waals surface area (Å²) >= 11 is 0. The van der Waals surface area contributed by atoms with E-state index in [-0.39, 0.29) is 17.7 Å². The van der Waals surface area contributed by atoms with Crippen LogP contribution in [0, 0.1) is 0 Å². The molecule has 1 aliphatic rings. The van der Waals surface area contributed by atoms with Gasteiger partial charge in [-0.3, -0.25) is 4.79 Å². The lowest BCUT2D eigenvalue weighted by Gasteiger charge is -2.15. The lowest BCUT2D eigenvalue weighted by molar-refractivity contribution is -0.192. The van der Waals surface area contributed by atoms with Crippen molar-refractivity contribution in [3.63, 3.8) is 0 Å². The topological polar surface area (TPSA) is 98.7 Å². The number of alkyl halides is 3. The molecule has 1 unspecified atom stereocenters. The van der Waals surface area contributed by atoms with Crippen molar-refractivity contribution >= 4 is 17.6 Å². The maximum absolute atomic E-state index is 12.0. The van der Waals surface area contributed by atoms with Gasteiger partial charge in [0.1, 0.15) is 5.75 Å². The van der Waals surface area contributed by atoms with Crippen molar-refractivity contribution in [2.24, 2.45) is 0 Å². The van der Waals surface area contributed by atoms with Crippen LogP contribution in [0.25, 0.3) is 0 Å². The Kier molecular flexibility index (Phi) is 7.50. The smallest absolute Gasteiger partial charge is 0.490 e. The van der Waals surface area contributed by atoms with Gasteiger partial charge in [0.15, 0.2) is 0 Å². The van der Waals surface area contributed by atoms with Crippen LogP contribution in [0.5, 0.6) is 5.75 Å². The number of carbonyl (C=O) groups is 2. The molecule has 1 aromatic carbocycles. The standard InChI is InChI=1S/C13H18N2O2.C2HF3O2/c16-11-6-4-5-10(9-11)15-13(17)12-7-2-1-3-8-14-12;3-2(4,5)1(6)7/h4-6,9,12,14,16H,1-3,7-8H2,(H,15,17);(H,6,7). The first-order valence-corrected chi connectivity index (χ1v) is 7.33. The number of rotatable bonds is 2. The molecule has 1 amide bonds. The number of nitrogens with one attached hydrogen (secondary N) is 2. The molecule has 1 atom stereocenters. The number of aromatic hydroxyl groups is 1. The molecular formula is C15H19F3N2O4. The number of halogens is 3. The zero-order valence-corrected chi connectivity index (χ0v) is 12.8. The Labute approximate surface area is 136 Å². The molecule has 134 valence electrons. The van der Waals surface area contributed by atoms with Crippen molar-refractivity contribution < 1.29 is 33.0 Å². The van der Waals surface area contributed by atoms with E-state index in [1.807, 2.05) is 0 Å². The van der Waals surface area contributed by atoms with Crippen LogP contribution in [0.1, 0.15) is 25.7 Å². The number of phenolic OH excluding ortho intramolecular Hbond substituents is 1. The van der Waals surface area contributed by atoms with E-state index < -0.39 is 12.1 Å². The highest BCUT2D eigenvalue weighted by molar-refractivity contribution is 5.94. The Morgan fingerprint density at radius 3 is 2.46 bits per heavy atom. The quantitative estimate of drug-likeness (QED) is 0.658. The number of phenols is 1. The molecule has 0 spiro atoms. The highest BCUT2D eigenvalue weighted by atomic mass is 19.4. The minimum absolute atomic E-state index is 0.0162. The fraction of sp³-hybridized carbons (Fsp3) is 0.467. The molecule has 0 aromatic heterocycles. The zero-order chi connectivity index (χ0) is 18.2. The van der Waals surface area contributed by atoms with E-state index in [0.29, 0.717) is 5.69 Å². The number of carboxylic acids is 1. The second-order valence-electron chi connectivity index (χ2n) is 5.20. The van der Waals surface area contributed by atoms with Gasteiger partial charge in [-0.2, -0.15) is 13.2 Å². The molecule has 0 bridgehead atoms. The van der Waals surface area contributed by atoms with Crippen LogP contribution in [0.4, 0.5) is 18.9 Å². The predicted octanol–water partition coefficient (Wildman–Crippen LogP) is 2.50. The van der Waals surface area contributed by atoms with Gasteiger partial charge in [0.25, 0.3) is 0 Å². The third-order valence-electron chi connectivity index (χ3n) is 3.23.